The van der Waals surface area contributed by atoms with Crippen molar-refractivity contribution in [3.05, 3.63) is 54.7 Å². The largest absolute Gasteiger partial charge is 0.415 e. The van der Waals surface area contributed by atoms with Crippen molar-refractivity contribution in [1.82, 2.24) is 25.1 Å². The number of para-hydroxylation sites is 1. The van der Waals surface area contributed by atoms with Gasteiger partial charge in [0.15, 0.2) is 5.82 Å². The summed E-state index contributed by atoms with van der Waals surface area (Å²) in [4.78, 5) is 13.5. The Hall–Kier alpha value is -2.80. The zero-order chi connectivity index (χ0) is 16.6. The number of nitrogens with zero attached hydrogens (tertiary/aromatic N) is 5. The van der Waals surface area contributed by atoms with Crippen molar-refractivity contribution in [2.45, 2.75) is 29.0 Å². The second kappa shape index (κ2) is 5.93. The van der Waals surface area contributed by atoms with E-state index in [1.807, 2.05) is 36.4 Å². The van der Waals surface area contributed by atoms with Crippen LogP contribution in [0.5, 0.6) is 0 Å². The maximum atomic E-state index is 5.77. The molecule has 3 aromatic heterocycles. The highest BCUT2D eigenvalue weighted by Gasteiger charge is 2.29. The molecule has 1 fully saturated rings. The minimum atomic E-state index is 0.440. The molecule has 4 aromatic rings. The number of fused-ring (bicyclic) bond motifs is 1. The fourth-order valence-electron chi connectivity index (χ4n) is 2.59. The van der Waals surface area contributed by atoms with Crippen LogP contribution in [0.15, 0.2) is 63.5 Å². The summed E-state index contributed by atoms with van der Waals surface area (Å²) in [6.45, 7) is 0. The van der Waals surface area contributed by atoms with Crippen LogP contribution in [0.1, 0.15) is 24.7 Å². The van der Waals surface area contributed by atoms with Crippen LogP contribution in [0, 0.1) is 0 Å². The van der Waals surface area contributed by atoms with Gasteiger partial charge in [-0.25, -0.2) is 9.97 Å². The lowest BCUT2D eigenvalue weighted by molar-refractivity contribution is 0.414. The molecule has 0 aliphatic heterocycles. The number of aromatic nitrogens is 5. The lowest BCUT2D eigenvalue weighted by atomic mass is 10.2. The van der Waals surface area contributed by atoms with Gasteiger partial charge in [-0.3, -0.25) is 4.98 Å². The third-order valence-electron chi connectivity index (χ3n) is 4.02. The van der Waals surface area contributed by atoms with Gasteiger partial charge in [-0.2, -0.15) is 0 Å². The van der Waals surface area contributed by atoms with Crippen molar-refractivity contribution >= 4 is 22.7 Å². The van der Waals surface area contributed by atoms with E-state index < -0.39 is 0 Å². The predicted octanol–water partition coefficient (Wildman–Crippen LogP) is 4.10. The molecule has 0 spiro atoms. The summed E-state index contributed by atoms with van der Waals surface area (Å²) in [5.41, 5.74) is 1.75. The molecule has 0 bridgehead atoms. The average molecular weight is 347 g/mol. The van der Waals surface area contributed by atoms with E-state index in [0.717, 1.165) is 40.2 Å². The number of rotatable bonds is 4. The fraction of sp³-hybridized carbons (Fsp3) is 0.167. The molecule has 0 radical (unpaired) electrons. The Morgan fingerprint density at radius 2 is 1.92 bits per heavy atom. The van der Waals surface area contributed by atoms with Gasteiger partial charge in [0.2, 0.25) is 5.89 Å². The third-order valence-corrected chi connectivity index (χ3v) is 4.86. The number of benzene rings is 1. The summed E-state index contributed by atoms with van der Waals surface area (Å²) in [7, 11) is 0. The van der Waals surface area contributed by atoms with Gasteiger partial charge in [0.05, 0.1) is 5.52 Å². The summed E-state index contributed by atoms with van der Waals surface area (Å²) in [6, 6.07) is 11.7. The van der Waals surface area contributed by atoms with Crippen LogP contribution in [-0.4, -0.2) is 25.1 Å². The van der Waals surface area contributed by atoms with Crippen molar-refractivity contribution in [2.75, 3.05) is 0 Å². The molecule has 0 amide bonds. The number of hydrogen-bond acceptors (Lipinski definition) is 7. The Morgan fingerprint density at radius 3 is 2.76 bits per heavy atom. The van der Waals surface area contributed by atoms with Crippen LogP contribution in [0.25, 0.3) is 22.3 Å². The maximum Gasteiger partial charge on any atom is 0.282 e. The summed E-state index contributed by atoms with van der Waals surface area (Å²) in [6.07, 6.45) is 5.76. The minimum Gasteiger partial charge on any atom is -0.415 e. The fourth-order valence-corrected chi connectivity index (χ4v) is 3.38. The van der Waals surface area contributed by atoms with Crippen molar-refractivity contribution in [1.29, 1.82) is 0 Å². The molecule has 1 aliphatic rings. The maximum absolute atomic E-state index is 5.77. The van der Waals surface area contributed by atoms with Crippen molar-refractivity contribution in [3.8, 4) is 11.4 Å². The normalized spacial score (nSPS) is 14.1. The Morgan fingerprint density at radius 1 is 1.00 bits per heavy atom. The van der Waals surface area contributed by atoms with Crippen LogP contribution in [0.2, 0.25) is 0 Å². The summed E-state index contributed by atoms with van der Waals surface area (Å²) in [5.74, 6) is 1.81. The first kappa shape index (κ1) is 14.5. The highest BCUT2D eigenvalue weighted by molar-refractivity contribution is 7.99. The molecule has 0 N–H and O–H groups in total. The molecule has 1 aromatic carbocycles. The summed E-state index contributed by atoms with van der Waals surface area (Å²) in [5, 5.41) is 10.6. The SMILES string of the molecule is c1cncc(-c2nc(Sc3nnc(C4CC4)o3)c3ccccc3n2)c1. The third kappa shape index (κ3) is 2.87. The Balaban J connectivity index is 1.59. The van der Waals surface area contributed by atoms with Gasteiger partial charge < -0.3 is 4.42 Å². The highest BCUT2D eigenvalue weighted by atomic mass is 32.2. The Labute approximate surface area is 147 Å². The van der Waals surface area contributed by atoms with E-state index in [1.54, 1.807) is 12.4 Å². The van der Waals surface area contributed by atoms with Crippen molar-refractivity contribution in [3.63, 3.8) is 0 Å². The lowest BCUT2D eigenvalue weighted by Crippen LogP contribution is -1.94. The molecular formula is C18H13N5OS. The Bertz CT molecular complexity index is 1050. The molecule has 5 rings (SSSR count). The monoisotopic (exact) mass is 347 g/mol. The zero-order valence-corrected chi connectivity index (χ0v) is 14.0. The van der Waals surface area contributed by atoms with Gasteiger partial charge in [0, 0.05) is 29.3 Å². The van der Waals surface area contributed by atoms with Crippen LogP contribution in [0.4, 0.5) is 0 Å². The van der Waals surface area contributed by atoms with E-state index in [1.165, 1.54) is 11.8 Å². The average Bonchev–Trinajstić information content (AvgIpc) is 3.42. The van der Waals surface area contributed by atoms with E-state index in [0.29, 0.717) is 17.0 Å². The van der Waals surface area contributed by atoms with Gasteiger partial charge in [-0.1, -0.05) is 18.2 Å². The molecule has 1 saturated carbocycles. The van der Waals surface area contributed by atoms with Gasteiger partial charge in [0.25, 0.3) is 5.22 Å². The molecule has 0 unspecified atom stereocenters. The predicted molar refractivity (Wildman–Crippen MR) is 93.2 cm³/mol. The number of hydrogen-bond donors (Lipinski definition) is 0. The molecule has 6 nitrogen and oxygen atoms in total. The second-order valence-corrected chi connectivity index (χ2v) is 6.83. The number of pyridine rings is 1. The molecule has 1 aliphatic carbocycles. The van der Waals surface area contributed by atoms with E-state index in [2.05, 4.69) is 20.2 Å². The Kier molecular flexibility index (Phi) is 3.45. The summed E-state index contributed by atoms with van der Waals surface area (Å²) >= 11 is 1.38. The van der Waals surface area contributed by atoms with Gasteiger partial charge >= 0.3 is 0 Å². The van der Waals surface area contributed by atoms with Crippen LogP contribution in [0.3, 0.4) is 0 Å². The first-order valence-corrected chi connectivity index (χ1v) is 8.87. The van der Waals surface area contributed by atoms with E-state index >= 15 is 0 Å². The van der Waals surface area contributed by atoms with E-state index in [9.17, 15) is 0 Å². The molecule has 7 heteroatoms. The summed E-state index contributed by atoms with van der Waals surface area (Å²) < 4.78 is 5.77. The quantitative estimate of drug-likeness (QED) is 0.514. The highest BCUT2D eigenvalue weighted by Crippen LogP contribution is 2.41. The van der Waals surface area contributed by atoms with Gasteiger partial charge in [-0.15, -0.1) is 10.2 Å². The van der Waals surface area contributed by atoms with Gasteiger partial charge in [-0.05, 0) is 42.8 Å². The van der Waals surface area contributed by atoms with E-state index in [4.69, 9.17) is 9.40 Å². The molecule has 0 saturated heterocycles. The van der Waals surface area contributed by atoms with Gasteiger partial charge in [0.1, 0.15) is 5.03 Å². The molecule has 25 heavy (non-hydrogen) atoms. The first-order valence-electron chi connectivity index (χ1n) is 8.05. The van der Waals surface area contributed by atoms with Crippen molar-refractivity contribution in [2.24, 2.45) is 0 Å². The molecule has 3 heterocycles. The zero-order valence-electron chi connectivity index (χ0n) is 13.2. The topological polar surface area (TPSA) is 77.6 Å². The van der Waals surface area contributed by atoms with Crippen LogP contribution < -0.4 is 0 Å². The first-order chi connectivity index (χ1) is 12.4. The van der Waals surface area contributed by atoms with E-state index in [-0.39, 0.29) is 0 Å². The van der Waals surface area contributed by atoms with Crippen LogP contribution >= 0.6 is 11.8 Å². The standard InChI is InChI=1S/C18H13N5OS/c1-2-6-14-13(5-1)17(21-15(20-14)12-4-3-9-19-10-12)25-18-23-22-16(24-18)11-7-8-11/h1-6,9-11H,7-8H2. The lowest BCUT2D eigenvalue weighted by Gasteiger charge is -2.06. The molecular weight excluding hydrogens is 334 g/mol. The smallest absolute Gasteiger partial charge is 0.282 e. The molecule has 0 atom stereocenters. The van der Waals surface area contributed by atoms with Crippen LogP contribution in [-0.2, 0) is 0 Å². The van der Waals surface area contributed by atoms with Crippen molar-refractivity contribution < 1.29 is 4.42 Å². The minimum absolute atomic E-state index is 0.440. The molecule has 122 valence electrons. The second-order valence-electron chi connectivity index (χ2n) is 5.89.